The van der Waals surface area contributed by atoms with Crippen LogP contribution in [0, 0.1) is 0 Å². The van der Waals surface area contributed by atoms with Gasteiger partial charge in [-0.3, -0.25) is 4.99 Å². The molecular weight excluding hydrogens is 421 g/mol. The van der Waals surface area contributed by atoms with Crippen LogP contribution < -0.4 is 5.32 Å². The lowest BCUT2D eigenvalue weighted by molar-refractivity contribution is 0.260. The summed E-state index contributed by atoms with van der Waals surface area (Å²) in [7, 11) is -1.62. The molecule has 1 aliphatic heterocycles. The largest absolute Gasteiger partial charge is 0.364 e. The summed E-state index contributed by atoms with van der Waals surface area (Å²) < 4.78 is 30.8. The van der Waals surface area contributed by atoms with Crippen LogP contribution in [0.4, 0.5) is 0 Å². The van der Waals surface area contributed by atoms with E-state index in [1.165, 1.54) is 10.6 Å². The van der Waals surface area contributed by atoms with E-state index in [1.807, 2.05) is 6.92 Å². The number of aromatic nitrogens is 1. The average Bonchev–Trinajstić information content (AvgIpc) is 2.97. The summed E-state index contributed by atoms with van der Waals surface area (Å²) in [6.07, 6.45) is 1.38. The zero-order chi connectivity index (χ0) is 15.3. The predicted octanol–water partition coefficient (Wildman–Crippen LogP) is 0.335. The maximum absolute atomic E-state index is 12.3. The molecule has 1 fully saturated rings. The van der Waals surface area contributed by atoms with E-state index in [0.717, 1.165) is 12.5 Å². The number of piperazine rings is 1. The molecule has 1 saturated heterocycles. The van der Waals surface area contributed by atoms with Gasteiger partial charge in [-0.25, -0.2) is 8.42 Å². The molecule has 2 rings (SSSR count). The van der Waals surface area contributed by atoms with Gasteiger partial charge < -0.3 is 14.7 Å². The standard InChI is InChI=1S/C12H21N5O3S.HI/c1-3-14-12(13-2)16-5-7-17(8-6-16)21(18,19)10-11-4-9-20-15-11;/h4,9H,3,5-8,10H2,1-2H3,(H,13,14);1H. The van der Waals surface area contributed by atoms with Gasteiger partial charge in [-0.1, -0.05) is 5.16 Å². The van der Waals surface area contributed by atoms with Gasteiger partial charge >= 0.3 is 0 Å². The Morgan fingerprint density at radius 3 is 2.59 bits per heavy atom. The van der Waals surface area contributed by atoms with Gasteiger partial charge in [0.15, 0.2) is 5.96 Å². The zero-order valence-electron chi connectivity index (χ0n) is 12.7. The molecule has 1 aromatic heterocycles. The molecule has 0 aliphatic carbocycles. The summed E-state index contributed by atoms with van der Waals surface area (Å²) in [6.45, 7) is 4.94. The Balaban J connectivity index is 0.00000242. The van der Waals surface area contributed by atoms with Crippen molar-refractivity contribution in [3.8, 4) is 0 Å². The van der Waals surface area contributed by atoms with Gasteiger partial charge in [0.2, 0.25) is 10.0 Å². The molecule has 10 heteroatoms. The zero-order valence-corrected chi connectivity index (χ0v) is 15.9. The number of hydrogen-bond donors (Lipinski definition) is 1. The van der Waals surface area contributed by atoms with Crippen LogP contribution in [0.1, 0.15) is 12.6 Å². The Morgan fingerprint density at radius 1 is 1.41 bits per heavy atom. The molecule has 0 unspecified atom stereocenters. The second-order valence-electron chi connectivity index (χ2n) is 4.71. The molecule has 0 amide bonds. The molecular formula is C12H22IN5O3S. The lowest BCUT2D eigenvalue weighted by atomic mass is 10.4. The Bertz CT molecular complexity index is 568. The fourth-order valence-corrected chi connectivity index (χ4v) is 3.68. The summed E-state index contributed by atoms with van der Waals surface area (Å²) in [5.74, 6) is 0.692. The first-order valence-corrected chi connectivity index (χ1v) is 8.50. The highest BCUT2D eigenvalue weighted by atomic mass is 127. The Labute approximate surface area is 148 Å². The van der Waals surface area contributed by atoms with E-state index in [1.54, 1.807) is 13.1 Å². The van der Waals surface area contributed by atoms with Crippen LogP contribution in [0.3, 0.4) is 0 Å². The second-order valence-corrected chi connectivity index (χ2v) is 6.68. The monoisotopic (exact) mass is 443 g/mol. The number of nitrogens with one attached hydrogen (secondary N) is 1. The molecule has 0 radical (unpaired) electrons. The average molecular weight is 443 g/mol. The van der Waals surface area contributed by atoms with Crippen LogP contribution in [0.25, 0.3) is 0 Å². The summed E-state index contributed by atoms with van der Waals surface area (Å²) in [5, 5.41) is 6.83. The Morgan fingerprint density at radius 2 is 2.09 bits per heavy atom. The van der Waals surface area contributed by atoms with Crippen molar-refractivity contribution in [1.82, 2.24) is 19.7 Å². The van der Waals surface area contributed by atoms with Crippen molar-refractivity contribution < 1.29 is 12.9 Å². The number of aliphatic imine (C=N–C) groups is 1. The molecule has 0 bridgehead atoms. The van der Waals surface area contributed by atoms with E-state index in [0.29, 0.717) is 31.9 Å². The van der Waals surface area contributed by atoms with E-state index in [4.69, 9.17) is 0 Å². The highest BCUT2D eigenvalue weighted by Gasteiger charge is 2.28. The normalized spacial score (nSPS) is 17.2. The van der Waals surface area contributed by atoms with Gasteiger partial charge in [0.05, 0.1) is 5.69 Å². The van der Waals surface area contributed by atoms with Gasteiger partial charge in [-0.05, 0) is 6.92 Å². The summed E-state index contributed by atoms with van der Waals surface area (Å²) in [5.41, 5.74) is 0.431. The minimum absolute atomic E-state index is 0. The van der Waals surface area contributed by atoms with Crippen LogP contribution in [-0.4, -0.2) is 68.5 Å². The van der Waals surface area contributed by atoms with Crippen LogP contribution >= 0.6 is 24.0 Å². The van der Waals surface area contributed by atoms with E-state index in [-0.39, 0.29) is 29.7 Å². The van der Waals surface area contributed by atoms with Crippen LogP contribution in [0.5, 0.6) is 0 Å². The smallest absolute Gasteiger partial charge is 0.220 e. The molecule has 2 heterocycles. The van der Waals surface area contributed by atoms with Gasteiger partial charge in [0.1, 0.15) is 12.0 Å². The van der Waals surface area contributed by atoms with Crippen molar-refractivity contribution in [1.29, 1.82) is 0 Å². The highest BCUT2D eigenvalue weighted by Crippen LogP contribution is 2.12. The van der Waals surface area contributed by atoms with Crippen molar-refractivity contribution in [2.24, 2.45) is 4.99 Å². The molecule has 0 aromatic carbocycles. The van der Waals surface area contributed by atoms with Gasteiger partial charge in [-0.2, -0.15) is 4.31 Å². The van der Waals surface area contributed by atoms with Gasteiger partial charge in [0.25, 0.3) is 0 Å². The lowest BCUT2D eigenvalue weighted by Gasteiger charge is -2.35. The van der Waals surface area contributed by atoms with Crippen molar-refractivity contribution in [2.45, 2.75) is 12.7 Å². The molecule has 1 aromatic rings. The van der Waals surface area contributed by atoms with E-state index >= 15 is 0 Å². The number of guanidine groups is 1. The van der Waals surface area contributed by atoms with Crippen LogP contribution in [0.15, 0.2) is 21.8 Å². The number of halogens is 1. The molecule has 0 spiro atoms. The SMILES string of the molecule is CCNC(=NC)N1CCN(S(=O)(=O)Cc2ccon2)CC1.I. The molecule has 0 atom stereocenters. The number of hydrogen-bond acceptors (Lipinski definition) is 5. The topological polar surface area (TPSA) is 91.0 Å². The quantitative estimate of drug-likeness (QED) is 0.410. The second kappa shape index (κ2) is 8.67. The van der Waals surface area contributed by atoms with Crippen LogP contribution in [0.2, 0.25) is 0 Å². The fourth-order valence-electron chi connectivity index (χ4n) is 2.26. The van der Waals surface area contributed by atoms with E-state index in [2.05, 4.69) is 24.9 Å². The number of nitrogens with zero attached hydrogens (tertiary/aromatic N) is 4. The molecule has 22 heavy (non-hydrogen) atoms. The van der Waals surface area contributed by atoms with E-state index in [9.17, 15) is 8.42 Å². The van der Waals surface area contributed by atoms with E-state index < -0.39 is 10.0 Å². The summed E-state index contributed by atoms with van der Waals surface area (Å²) in [4.78, 5) is 6.25. The molecule has 1 N–H and O–H groups in total. The molecule has 0 saturated carbocycles. The number of rotatable bonds is 4. The Hall–Kier alpha value is -0.880. The summed E-state index contributed by atoms with van der Waals surface area (Å²) in [6, 6.07) is 1.57. The highest BCUT2D eigenvalue weighted by molar-refractivity contribution is 14.0. The maximum Gasteiger partial charge on any atom is 0.220 e. The van der Waals surface area contributed by atoms with Crippen LogP contribution in [-0.2, 0) is 15.8 Å². The van der Waals surface area contributed by atoms with Gasteiger partial charge in [0, 0.05) is 45.8 Å². The van der Waals surface area contributed by atoms with Gasteiger partial charge in [-0.15, -0.1) is 24.0 Å². The first kappa shape index (κ1) is 19.2. The maximum atomic E-state index is 12.3. The third-order valence-electron chi connectivity index (χ3n) is 3.30. The third-order valence-corrected chi connectivity index (χ3v) is 5.11. The Kier molecular flexibility index (Phi) is 7.56. The third kappa shape index (κ3) is 4.81. The first-order chi connectivity index (χ1) is 10.1. The molecule has 8 nitrogen and oxygen atoms in total. The number of sulfonamides is 1. The fraction of sp³-hybridized carbons (Fsp3) is 0.667. The van der Waals surface area contributed by atoms with Crippen molar-refractivity contribution >= 4 is 40.0 Å². The summed E-state index contributed by atoms with van der Waals surface area (Å²) >= 11 is 0. The minimum Gasteiger partial charge on any atom is -0.364 e. The van der Waals surface area contributed by atoms with Crippen molar-refractivity contribution in [3.63, 3.8) is 0 Å². The first-order valence-electron chi connectivity index (χ1n) is 6.89. The minimum atomic E-state index is -3.35. The lowest BCUT2D eigenvalue weighted by Crippen LogP contribution is -2.53. The molecule has 1 aliphatic rings. The van der Waals surface area contributed by atoms with Crippen molar-refractivity contribution in [2.75, 3.05) is 39.8 Å². The predicted molar refractivity (Wildman–Crippen MR) is 94.7 cm³/mol. The van der Waals surface area contributed by atoms with Crippen molar-refractivity contribution in [3.05, 3.63) is 18.0 Å². The molecule has 126 valence electrons.